The van der Waals surface area contributed by atoms with E-state index < -0.39 is 0 Å². The molecule has 0 radical (unpaired) electrons. The van der Waals surface area contributed by atoms with Gasteiger partial charge in [0.05, 0.1) is 25.3 Å². The zero-order chi connectivity index (χ0) is 43.8. The molecule has 0 aromatic heterocycles. The van der Waals surface area contributed by atoms with Crippen LogP contribution < -0.4 is 19.3 Å². The molecule has 9 aromatic carbocycles. The third-order valence-electron chi connectivity index (χ3n) is 11.3. The van der Waals surface area contributed by atoms with E-state index in [0.717, 1.165) is 89.4 Å². The van der Waals surface area contributed by atoms with Crippen LogP contribution in [0, 0.1) is 22.7 Å². The first kappa shape index (κ1) is 40.6. The largest absolute Gasteiger partial charge is 0.497 e. The lowest BCUT2D eigenvalue weighted by atomic mass is 9.90. The Balaban J connectivity index is 0.966. The highest BCUT2D eigenvalue weighted by molar-refractivity contribution is 6.10. The normalized spacial score (nSPS) is 11.1. The second-order valence-corrected chi connectivity index (χ2v) is 15.2. The summed E-state index contributed by atoms with van der Waals surface area (Å²) in [6.45, 7) is 0. The Morgan fingerprint density at radius 2 is 0.641 bits per heavy atom. The maximum absolute atomic E-state index is 10.5. The van der Waals surface area contributed by atoms with Crippen LogP contribution in [0.1, 0.15) is 33.4 Å². The summed E-state index contributed by atoms with van der Waals surface area (Å²) in [5.41, 5.74) is 11.2. The molecule has 0 aliphatic carbocycles. The van der Waals surface area contributed by atoms with Crippen molar-refractivity contribution >= 4 is 80.0 Å². The van der Waals surface area contributed by atoms with Gasteiger partial charge in [0, 0.05) is 55.7 Å². The monoisotopic (exact) mass is 826 g/mol. The molecule has 0 spiro atoms. The van der Waals surface area contributed by atoms with Crippen molar-refractivity contribution in [2.75, 3.05) is 24.0 Å². The van der Waals surface area contributed by atoms with Crippen LogP contribution in [0.2, 0.25) is 0 Å². The number of benzene rings is 9. The van der Waals surface area contributed by atoms with Gasteiger partial charge in [0.2, 0.25) is 0 Å². The molecule has 0 saturated heterocycles. The number of para-hydroxylation sites is 2. The molecule has 0 unspecified atom stereocenters. The van der Waals surface area contributed by atoms with Gasteiger partial charge in [-0.15, -0.1) is 0 Å². The van der Waals surface area contributed by atoms with Gasteiger partial charge in [0.15, 0.2) is 0 Å². The number of anilines is 6. The van der Waals surface area contributed by atoms with Crippen LogP contribution in [-0.2, 0) is 0 Å². The Hall–Kier alpha value is -8.84. The Kier molecular flexibility index (Phi) is 11.7. The van der Waals surface area contributed by atoms with Crippen molar-refractivity contribution in [3.05, 3.63) is 228 Å². The van der Waals surface area contributed by atoms with Crippen LogP contribution in [0.15, 0.2) is 194 Å². The van der Waals surface area contributed by atoms with Crippen LogP contribution in [0.25, 0.3) is 45.8 Å². The number of nitriles is 2. The second kappa shape index (κ2) is 18.4. The molecule has 0 heterocycles. The quantitative estimate of drug-likeness (QED) is 0.0902. The molecule has 0 N–H and O–H groups in total. The van der Waals surface area contributed by atoms with Crippen molar-refractivity contribution in [2.24, 2.45) is 0 Å². The molecule has 9 aromatic rings. The van der Waals surface area contributed by atoms with E-state index in [2.05, 4.69) is 131 Å². The fourth-order valence-electron chi connectivity index (χ4n) is 8.08. The highest BCUT2D eigenvalue weighted by atomic mass is 16.5. The van der Waals surface area contributed by atoms with Crippen molar-refractivity contribution in [3.63, 3.8) is 0 Å². The van der Waals surface area contributed by atoms with E-state index in [4.69, 9.17) is 9.47 Å². The van der Waals surface area contributed by atoms with Gasteiger partial charge in [0.25, 0.3) is 0 Å². The summed E-state index contributed by atoms with van der Waals surface area (Å²) >= 11 is 0. The predicted molar refractivity (Wildman–Crippen MR) is 264 cm³/mol. The maximum Gasteiger partial charge on any atom is 0.119 e. The molecule has 0 aliphatic heterocycles. The minimum absolute atomic E-state index is 0.550. The van der Waals surface area contributed by atoms with Crippen LogP contribution >= 0.6 is 0 Å². The molecule has 0 saturated carbocycles. The number of methoxy groups -OCH3 is 2. The van der Waals surface area contributed by atoms with Gasteiger partial charge in [-0.3, -0.25) is 0 Å². The lowest BCUT2D eigenvalue weighted by Crippen LogP contribution is -2.09. The molecule has 0 aliphatic rings. The van der Waals surface area contributed by atoms with Gasteiger partial charge in [-0.05, 0) is 131 Å². The molecule has 0 bridgehead atoms. The third kappa shape index (κ3) is 8.41. The predicted octanol–water partition coefficient (Wildman–Crippen LogP) is 15.0. The highest BCUT2D eigenvalue weighted by Gasteiger charge is 2.16. The van der Waals surface area contributed by atoms with Gasteiger partial charge in [-0.1, -0.05) is 109 Å². The SMILES string of the molecule is COc1ccc(N(c2ccccc2)c2ccc(C=Cc3ccc4c(C#N)c5cc(C=Cc6ccc(N(c7ccccc7)c7ccc(OC)cc7)cc6)ccc5c(C#N)c4c3)cc2)cc1. The van der Waals surface area contributed by atoms with Crippen LogP contribution in [0.4, 0.5) is 34.1 Å². The van der Waals surface area contributed by atoms with E-state index in [1.165, 1.54) is 0 Å². The minimum Gasteiger partial charge on any atom is -0.497 e. The molecule has 0 atom stereocenters. The summed E-state index contributed by atoms with van der Waals surface area (Å²) in [5.74, 6) is 1.61. The second-order valence-electron chi connectivity index (χ2n) is 15.2. The molecule has 6 nitrogen and oxygen atoms in total. The van der Waals surface area contributed by atoms with Gasteiger partial charge < -0.3 is 19.3 Å². The molecule has 0 fully saturated rings. The minimum atomic E-state index is 0.550. The van der Waals surface area contributed by atoms with Crippen molar-refractivity contribution in [1.29, 1.82) is 10.5 Å². The molecular formula is C58H42N4O2. The number of hydrogen-bond acceptors (Lipinski definition) is 6. The number of fused-ring (bicyclic) bond motifs is 2. The van der Waals surface area contributed by atoms with Gasteiger partial charge in [-0.25, -0.2) is 0 Å². The van der Waals surface area contributed by atoms with Crippen LogP contribution in [-0.4, -0.2) is 14.2 Å². The first-order valence-corrected chi connectivity index (χ1v) is 20.9. The van der Waals surface area contributed by atoms with Gasteiger partial charge in [-0.2, -0.15) is 10.5 Å². The summed E-state index contributed by atoms with van der Waals surface area (Å²) in [6.07, 6.45) is 8.22. The van der Waals surface area contributed by atoms with Crippen molar-refractivity contribution in [3.8, 4) is 23.6 Å². The Bertz CT molecular complexity index is 3000. The molecular weight excluding hydrogens is 785 g/mol. The van der Waals surface area contributed by atoms with E-state index in [9.17, 15) is 10.5 Å². The molecule has 306 valence electrons. The van der Waals surface area contributed by atoms with Crippen molar-refractivity contribution in [2.45, 2.75) is 0 Å². The van der Waals surface area contributed by atoms with Crippen LogP contribution in [0.3, 0.4) is 0 Å². The fraction of sp³-hybridized carbons (Fsp3) is 0.0345. The maximum atomic E-state index is 10.5. The van der Waals surface area contributed by atoms with E-state index >= 15 is 0 Å². The standard InChI is InChI=1S/C58H42N4O2/c1-63-51-31-27-49(28-32-51)61(45-9-5-3-6-10-45)47-23-17-41(18-24-47)13-15-43-21-35-53-55(37-43)57(39-59)54-36-22-44(38-56(54)58(53)40-60)16-14-42-19-25-48(26-20-42)62(46-11-7-4-8-12-46)50-29-33-52(64-2)34-30-50/h3-38H,1-2H3. The molecule has 6 heteroatoms. The van der Waals surface area contributed by atoms with Crippen molar-refractivity contribution < 1.29 is 9.47 Å². The zero-order valence-corrected chi connectivity index (χ0v) is 35.4. The number of rotatable bonds is 12. The number of ether oxygens (including phenoxy) is 2. The zero-order valence-electron chi connectivity index (χ0n) is 35.4. The first-order valence-electron chi connectivity index (χ1n) is 20.9. The summed E-state index contributed by atoms with van der Waals surface area (Å²) in [7, 11) is 3.34. The Morgan fingerprint density at radius 1 is 0.344 bits per heavy atom. The fourth-order valence-corrected chi connectivity index (χ4v) is 8.08. The van der Waals surface area contributed by atoms with E-state index in [-0.39, 0.29) is 0 Å². The van der Waals surface area contributed by atoms with E-state index in [1.54, 1.807) is 14.2 Å². The Labute approximate surface area is 373 Å². The summed E-state index contributed by atoms with van der Waals surface area (Å²) in [6, 6.07) is 70.3. The average molecular weight is 827 g/mol. The number of nitrogens with zero attached hydrogens (tertiary/aromatic N) is 4. The molecule has 64 heavy (non-hydrogen) atoms. The average Bonchev–Trinajstić information content (AvgIpc) is 3.36. The van der Waals surface area contributed by atoms with E-state index in [0.29, 0.717) is 11.1 Å². The van der Waals surface area contributed by atoms with E-state index in [1.807, 2.05) is 109 Å². The van der Waals surface area contributed by atoms with Crippen molar-refractivity contribution in [1.82, 2.24) is 0 Å². The summed E-state index contributed by atoms with van der Waals surface area (Å²) in [4.78, 5) is 4.42. The highest BCUT2D eigenvalue weighted by Crippen LogP contribution is 2.38. The third-order valence-corrected chi connectivity index (χ3v) is 11.3. The lowest BCUT2D eigenvalue weighted by molar-refractivity contribution is 0.414. The van der Waals surface area contributed by atoms with Gasteiger partial charge in [0.1, 0.15) is 23.6 Å². The topological polar surface area (TPSA) is 72.5 Å². The summed E-state index contributed by atoms with van der Waals surface area (Å²) < 4.78 is 10.8. The molecule has 0 amide bonds. The summed E-state index contributed by atoms with van der Waals surface area (Å²) in [5, 5.41) is 24.1. The number of hydrogen-bond donors (Lipinski definition) is 0. The lowest BCUT2D eigenvalue weighted by Gasteiger charge is -2.25. The smallest absolute Gasteiger partial charge is 0.119 e. The molecule has 9 rings (SSSR count). The Morgan fingerprint density at radius 3 is 0.969 bits per heavy atom. The first-order chi connectivity index (χ1) is 31.5. The van der Waals surface area contributed by atoms with Crippen LogP contribution in [0.5, 0.6) is 11.5 Å². The van der Waals surface area contributed by atoms with Gasteiger partial charge >= 0.3 is 0 Å².